The minimum atomic E-state index is -0.243. The van der Waals surface area contributed by atoms with Crippen LogP contribution in [0.15, 0.2) is 33.6 Å². The Hall–Kier alpha value is -1.40. The van der Waals surface area contributed by atoms with Gasteiger partial charge in [-0.05, 0) is 34.1 Å². The molecule has 6 heteroatoms. The lowest BCUT2D eigenvalue weighted by molar-refractivity contribution is 0.102. The largest absolute Gasteiger partial charge is 0.399 e. The molecule has 2 rings (SSSR count). The summed E-state index contributed by atoms with van der Waals surface area (Å²) in [6.07, 6.45) is 0. The number of anilines is 2. The molecule has 1 aromatic heterocycles. The van der Waals surface area contributed by atoms with Crippen LogP contribution < -0.4 is 11.1 Å². The van der Waals surface area contributed by atoms with E-state index in [1.54, 1.807) is 29.1 Å². The van der Waals surface area contributed by atoms with E-state index < -0.39 is 0 Å². The van der Waals surface area contributed by atoms with Crippen LogP contribution >= 0.6 is 27.3 Å². The molecule has 1 amide bonds. The molecular formula is C10H8BrN3OS. The van der Waals surface area contributed by atoms with Gasteiger partial charge in [-0.15, -0.1) is 11.3 Å². The predicted molar refractivity (Wildman–Crippen MR) is 68.6 cm³/mol. The molecule has 0 aliphatic carbocycles. The van der Waals surface area contributed by atoms with Gasteiger partial charge in [0.1, 0.15) is 5.69 Å². The number of hydrogen-bond acceptors (Lipinski definition) is 4. The topological polar surface area (TPSA) is 68.0 Å². The van der Waals surface area contributed by atoms with Crippen LogP contribution in [0.3, 0.4) is 0 Å². The van der Waals surface area contributed by atoms with E-state index in [9.17, 15) is 4.79 Å². The van der Waals surface area contributed by atoms with Gasteiger partial charge in [-0.2, -0.15) is 0 Å². The summed E-state index contributed by atoms with van der Waals surface area (Å²) in [6, 6.07) is 5.23. The van der Waals surface area contributed by atoms with Gasteiger partial charge in [-0.25, -0.2) is 4.98 Å². The highest BCUT2D eigenvalue weighted by atomic mass is 79.9. The van der Waals surface area contributed by atoms with Gasteiger partial charge in [0, 0.05) is 15.5 Å². The Labute approximate surface area is 105 Å². The quantitative estimate of drug-likeness (QED) is 0.838. The molecule has 4 nitrogen and oxygen atoms in total. The molecule has 0 atom stereocenters. The van der Waals surface area contributed by atoms with Crippen LogP contribution in [-0.4, -0.2) is 10.9 Å². The fourth-order valence-electron chi connectivity index (χ4n) is 1.15. The van der Waals surface area contributed by atoms with Crippen LogP contribution in [0.4, 0.5) is 11.4 Å². The summed E-state index contributed by atoms with van der Waals surface area (Å²) in [5.41, 5.74) is 8.88. The van der Waals surface area contributed by atoms with Gasteiger partial charge in [-0.3, -0.25) is 4.79 Å². The highest BCUT2D eigenvalue weighted by molar-refractivity contribution is 9.10. The predicted octanol–water partition coefficient (Wildman–Crippen LogP) is 2.74. The average molecular weight is 298 g/mol. The first-order chi connectivity index (χ1) is 7.66. The molecule has 16 heavy (non-hydrogen) atoms. The molecule has 1 heterocycles. The molecule has 0 spiro atoms. The van der Waals surface area contributed by atoms with Crippen molar-refractivity contribution < 1.29 is 4.79 Å². The number of nitrogens with one attached hydrogen (secondary N) is 1. The first-order valence-electron chi connectivity index (χ1n) is 4.41. The SMILES string of the molecule is Nc1ccc(Br)c(NC(=O)c2cscn2)c1. The van der Waals surface area contributed by atoms with Crippen molar-refractivity contribution >= 4 is 44.5 Å². The molecule has 0 aliphatic heterocycles. The van der Waals surface area contributed by atoms with Gasteiger partial charge in [0.25, 0.3) is 5.91 Å². The van der Waals surface area contributed by atoms with Crippen LogP contribution in [0.5, 0.6) is 0 Å². The number of nitrogen functional groups attached to an aromatic ring is 1. The van der Waals surface area contributed by atoms with E-state index in [1.807, 2.05) is 0 Å². The molecule has 0 unspecified atom stereocenters. The van der Waals surface area contributed by atoms with E-state index in [1.165, 1.54) is 11.3 Å². The normalized spacial score (nSPS) is 10.1. The number of nitrogens with zero attached hydrogens (tertiary/aromatic N) is 1. The summed E-state index contributed by atoms with van der Waals surface area (Å²) in [6.45, 7) is 0. The van der Waals surface area contributed by atoms with Gasteiger partial charge < -0.3 is 11.1 Å². The molecule has 0 aliphatic rings. The van der Waals surface area contributed by atoms with Crippen molar-refractivity contribution in [2.75, 3.05) is 11.1 Å². The molecule has 0 radical (unpaired) electrons. The molecule has 0 fully saturated rings. The van der Waals surface area contributed by atoms with Crippen LogP contribution in [0.25, 0.3) is 0 Å². The number of aromatic nitrogens is 1. The second-order valence-electron chi connectivity index (χ2n) is 3.07. The number of carbonyl (C=O) groups is 1. The van der Waals surface area contributed by atoms with Crippen molar-refractivity contribution in [1.29, 1.82) is 0 Å². The zero-order valence-corrected chi connectivity index (χ0v) is 10.5. The number of carbonyl (C=O) groups excluding carboxylic acids is 1. The van der Waals surface area contributed by atoms with Crippen molar-refractivity contribution in [3.63, 3.8) is 0 Å². The molecule has 3 N–H and O–H groups in total. The Kier molecular flexibility index (Phi) is 3.21. The first-order valence-corrected chi connectivity index (χ1v) is 6.15. The summed E-state index contributed by atoms with van der Waals surface area (Å²) in [7, 11) is 0. The molecule has 0 saturated heterocycles. The third-order valence-electron chi connectivity index (χ3n) is 1.90. The second-order valence-corrected chi connectivity index (χ2v) is 4.64. The molecule has 2 aromatic rings. The van der Waals surface area contributed by atoms with Gasteiger partial charge >= 0.3 is 0 Å². The molecule has 0 saturated carbocycles. The third kappa shape index (κ3) is 2.40. The lowest BCUT2D eigenvalue weighted by Gasteiger charge is -2.06. The van der Waals surface area contributed by atoms with Gasteiger partial charge in [0.05, 0.1) is 11.2 Å². The summed E-state index contributed by atoms with van der Waals surface area (Å²) >= 11 is 4.71. The number of halogens is 1. The van der Waals surface area contributed by atoms with Crippen molar-refractivity contribution in [3.05, 3.63) is 39.3 Å². The van der Waals surface area contributed by atoms with E-state index in [0.717, 1.165) is 4.47 Å². The summed E-state index contributed by atoms with van der Waals surface area (Å²) in [5, 5.41) is 4.42. The molecular weight excluding hydrogens is 290 g/mol. The Morgan fingerprint density at radius 3 is 3.00 bits per heavy atom. The fourth-order valence-corrected chi connectivity index (χ4v) is 2.03. The Bertz CT molecular complexity index is 513. The Balaban J connectivity index is 2.21. The number of rotatable bonds is 2. The molecule has 0 bridgehead atoms. The zero-order valence-electron chi connectivity index (χ0n) is 8.11. The summed E-state index contributed by atoms with van der Waals surface area (Å²) in [4.78, 5) is 15.6. The lowest BCUT2D eigenvalue weighted by atomic mass is 10.3. The van der Waals surface area contributed by atoms with E-state index in [-0.39, 0.29) is 5.91 Å². The van der Waals surface area contributed by atoms with Gasteiger partial charge in [-0.1, -0.05) is 0 Å². The van der Waals surface area contributed by atoms with Crippen molar-refractivity contribution in [1.82, 2.24) is 4.98 Å². The van der Waals surface area contributed by atoms with Gasteiger partial charge in [0.15, 0.2) is 0 Å². The van der Waals surface area contributed by atoms with Crippen molar-refractivity contribution in [2.24, 2.45) is 0 Å². The molecule has 82 valence electrons. The first kappa shape index (κ1) is 11.1. The number of benzene rings is 1. The number of nitrogens with two attached hydrogens (primary N) is 1. The van der Waals surface area contributed by atoms with Crippen LogP contribution in [-0.2, 0) is 0 Å². The number of thiazole rings is 1. The highest BCUT2D eigenvalue weighted by Gasteiger charge is 2.09. The average Bonchev–Trinajstić information content (AvgIpc) is 2.76. The minimum absolute atomic E-state index is 0.243. The molecule has 1 aromatic carbocycles. The number of hydrogen-bond donors (Lipinski definition) is 2. The monoisotopic (exact) mass is 297 g/mol. The third-order valence-corrected chi connectivity index (χ3v) is 3.18. The second kappa shape index (κ2) is 4.63. The van der Waals surface area contributed by atoms with E-state index >= 15 is 0 Å². The fraction of sp³-hybridized carbons (Fsp3) is 0. The van der Waals surface area contributed by atoms with Crippen LogP contribution in [0.2, 0.25) is 0 Å². The summed E-state index contributed by atoms with van der Waals surface area (Å²) < 4.78 is 0.783. The standard InChI is InChI=1S/C10H8BrN3OS/c11-7-2-1-6(12)3-8(7)14-10(15)9-4-16-5-13-9/h1-5H,12H2,(H,14,15). The Morgan fingerprint density at radius 2 is 2.31 bits per heavy atom. The van der Waals surface area contributed by atoms with E-state index in [0.29, 0.717) is 17.1 Å². The summed E-state index contributed by atoms with van der Waals surface area (Å²) in [5.74, 6) is -0.243. The highest BCUT2D eigenvalue weighted by Crippen LogP contribution is 2.25. The van der Waals surface area contributed by atoms with E-state index in [4.69, 9.17) is 5.73 Å². The number of amides is 1. The Morgan fingerprint density at radius 1 is 1.50 bits per heavy atom. The van der Waals surface area contributed by atoms with Crippen molar-refractivity contribution in [3.8, 4) is 0 Å². The maximum atomic E-state index is 11.7. The smallest absolute Gasteiger partial charge is 0.275 e. The minimum Gasteiger partial charge on any atom is -0.399 e. The zero-order chi connectivity index (χ0) is 11.5. The van der Waals surface area contributed by atoms with Crippen LogP contribution in [0.1, 0.15) is 10.5 Å². The van der Waals surface area contributed by atoms with Gasteiger partial charge in [0.2, 0.25) is 0 Å². The maximum absolute atomic E-state index is 11.7. The van der Waals surface area contributed by atoms with Crippen molar-refractivity contribution in [2.45, 2.75) is 0 Å². The maximum Gasteiger partial charge on any atom is 0.275 e. The van der Waals surface area contributed by atoms with E-state index in [2.05, 4.69) is 26.2 Å². The van der Waals surface area contributed by atoms with Crippen LogP contribution in [0, 0.1) is 0 Å². The lowest BCUT2D eigenvalue weighted by Crippen LogP contribution is -2.12.